The Morgan fingerprint density at radius 2 is 1.94 bits per heavy atom. The lowest BCUT2D eigenvalue weighted by atomic mass is 9.95. The zero-order valence-electron chi connectivity index (χ0n) is 10.3. The lowest BCUT2D eigenvalue weighted by Crippen LogP contribution is -2.36. The molecule has 1 saturated carbocycles. The molecular formula is C15H17NOS. The van der Waals surface area contributed by atoms with Gasteiger partial charge in [-0.3, -0.25) is 4.79 Å². The molecule has 0 aliphatic heterocycles. The summed E-state index contributed by atoms with van der Waals surface area (Å²) in [7, 11) is 0. The van der Waals surface area contributed by atoms with E-state index in [-0.39, 0.29) is 5.91 Å². The van der Waals surface area contributed by atoms with Gasteiger partial charge < -0.3 is 5.32 Å². The van der Waals surface area contributed by atoms with E-state index in [4.69, 9.17) is 0 Å². The molecule has 1 aliphatic carbocycles. The number of nitrogens with one attached hydrogen (secondary N) is 1. The van der Waals surface area contributed by atoms with Gasteiger partial charge in [-0.05, 0) is 18.9 Å². The van der Waals surface area contributed by atoms with Gasteiger partial charge in [-0.15, -0.1) is 11.3 Å². The summed E-state index contributed by atoms with van der Waals surface area (Å²) >= 11 is 1.64. The van der Waals surface area contributed by atoms with Gasteiger partial charge in [0.15, 0.2) is 0 Å². The lowest BCUT2D eigenvalue weighted by Gasteiger charge is -2.22. The first kappa shape index (κ1) is 11.7. The van der Waals surface area contributed by atoms with E-state index in [9.17, 15) is 4.79 Å². The number of benzene rings is 1. The summed E-state index contributed by atoms with van der Waals surface area (Å²) < 4.78 is 1.19. The molecular weight excluding hydrogens is 242 g/mol. The number of hydrogen-bond acceptors (Lipinski definition) is 2. The third kappa shape index (κ3) is 2.27. The van der Waals surface area contributed by atoms with E-state index in [0.717, 1.165) is 23.8 Å². The zero-order chi connectivity index (χ0) is 12.4. The van der Waals surface area contributed by atoms with Gasteiger partial charge in [0.2, 0.25) is 0 Å². The van der Waals surface area contributed by atoms with E-state index >= 15 is 0 Å². The molecule has 0 unspecified atom stereocenters. The van der Waals surface area contributed by atoms with Gasteiger partial charge >= 0.3 is 0 Å². The average Bonchev–Trinajstić information content (AvgIpc) is 2.84. The standard InChI is InChI=1S/C15H17NOS/c17-15(16-11-6-2-1-3-7-11)13-10-18-14-9-5-4-8-12(13)14/h4-5,8-11H,1-3,6-7H2,(H,16,17). The predicted octanol–water partition coefficient (Wildman–Crippen LogP) is 3.96. The second kappa shape index (κ2) is 5.11. The Hall–Kier alpha value is -1.35. The number of amides is 1. The van der Waals surface area contributed by atoms with Gasteiger partial charge in [-0.25, -0.2) is 0 Å². The highest BCUT2D eigenvalue weighted by Gasteiger charge is 2.18. The molecule has 0 radical (unpaired) electrons. The minimum absolute atomic E-state index is 0.0966. The molecule has 1 aromatic heterocycles. The van der Waals surface area contributed by atoms with Crippen LogP contribution in [0.4, 0.5) is 0 Å². The number of fused-ring (bicyclic) bond motifs is 1. The van der Waals surface area contributed by atoms with Gasteiger partial charge in [-0.2, -0.15) is 0 Å². The van der Waals surface area contributed by atoms with Crippen LogP contribution >= 0.6 is 11.3 Å². The molecule has 2 nitrogen and oxygen atoms in total. The molecule has 1 heterocycles. The van der Waals surface area contributed by atoms with Crippen molar-refractivity contribution in [2.45, 2.75) is 38.1 Å². The second-order valence-electron chi connectivity index (χ2n) is 4.95. The van der Waals surface area contributed by atoms with Crippen molar-refractivity contribution in [2.75, 3.05) is 0 Å². The lowest BCUT2D eigenvalue weighted by molar-refractivity contribution is 0.0930. The molecule has 0 spiro atoms. The highest BCUT2D eigenvalue weighted by molar-refractivity contribution is 7.17. The minimum atomic E-state index is 0.0966. The Labute approximate surface area is 111 Å². The molecule has 3 rings (SSSR count). The van der Waals surface area contributed by atoms with Crippen LogP contribution in [0.15, 0.2) is 29.6 Å². The number of carbonyl (C=O) groups excluding carboxylic acids is 1. The molecule has 94 valence electrons. The van der Waals surface area contributed by atoms with Crippen LogP contribution in [-0.4, -0.2) is 11.9 Å². The Kier molecular flexibility index (Phi) is 3.33. The van der Waals surface area contributed by atoms with Crippen molar-refractivity contribution >= 4 is 27.3 Å². The van der Waals surface area contributed by atoms with Gasteiger partial charge in [0, 0.05) is 21.5 Å². The second-order valence-corrected chi connectivity index (χ2v) is 5.87. The topological polar surface area (TPSA) is 29.1 Å². The molecule has 0 saturated heterocycles. The van der Waals surface area contributed by atoms with Crippen LogP contribution in [0.25, 0.3) is 10.1 Å². The van der Waals surface area contributed by atoms with Crippen molar-refractivity contribution in [2.24, 2.45) is 0 Å². The summed E-state index contributed by atoms with van der Waals surface area (Å²) in [6, 6.07) is 8.48. The first-order valence-corrected chi connectivity index (χ1v) is 7.49. The van der Waals surface area contributed by atoms with E-state index < -0.39 is 0 Å². The van der Waals surface area contributed by atoms with Crippen molar-refractivity contribution in [1.82, 2.24) is 5.32 Å². The first-order valence-electron chi connectivity index (χ1n) is 6.62. The fourth-order valence-corrected chi connectivity index (χ4v) is 3.60. The summed E-state index contributed by atoms with van der Waals surface area (Å²) in [4.78, 5) is 12.3. The monoisotopic (exact) mass is 259 g/mol. The summed E-state index contributed by atoms with van der Waals surface area (Å²) in [6.07, 6.45) is 6.07. The molecule has 1 aliphatic rings. The number of rotatable bonds is 2. The molecule has 0 atom stereocenters. The zero-order valence-corrected chi connectivity index (χ0v) is 11.1. The SMILES string of the molecule is O=C(NC1CCCCC1)c1csc2ccccc12. The summed E-state index contributed by atoms with van der Waals surface area (Å²) in [5.41, 5.74) is 0.834. The Morgan fingerprint density at radius 1 is 1.17 bits per heavy atom. The maximum absolute atomic E-state index is 12.3. The molecule has 0 bridgehead atoms. The minimum Gasteiger partial charge on any atom is -0.349 e. The van der Waals surface area contributed by atoms with E-state index in [1.807, 2.05) is 23.6 Å². The van der Waals surface area contributed by atoms with E-state index in [1.165, 1.54) is 24.0 Å². The van der Waals surface area contributed by atoms with Crippen LogP contribution in [0.3, 0.4) is 0 Å². The van der Waals surface area contributed by atoms with Crippen molar-refractivity contribution in [3.05, 3.63) is 35.2 Å². The number of carbonyl (C=O) groups is 1. The largest absolute Gasteiger partial charge is 0.349 e. The normalized spacial score (nSPS) is 16.9. The van der Waals surface area contributed by atoms with Crippen LogP contribution in [0.2, 0.25) is 0 Å². The summed E-state index contributed by atoms with van der Waals surface area (Å²) in [6.45, 7) is 0. The average molecular weight is 259 g/mol. The van der Waals surface area contributed by atoms with Gasteiger partial charge in [0.1, 0.15) is 0 Å². The summed E-state index contributed by atoms with van der Waals surface area (Å²) in [5.74, 6) is 0.0966. The van der Waals surface area contributed by atoms with Crippen LogP contribution in [0.5, 0.6) is 0 Å². The maximum Gasteiger partial charge on any atom is 0.252 e. The predicted molar refractivity (Wildman–Crippen MR) is 76.2 cm³/mol. The van der Waals surface area contributed by atoms with Gasteiger partial charge in [0.05, 0.1) is 5.56 Å². The molecule has 2 aromatic rings. The highest BCUT2D eigenvalue weighted by atomic mass is 32.1. The van der Waals surface area contributed by atoms with Gasteiger partial charge in [-0.1, -0.05) is 37.5 Å². The van der Waals surface area contributed by atoms with Gasteiger partial charge in [0.25, 0.3) is 5.91 Å². The smallest absolute Gasteiger partial charge is 0.252 e. The van der Waals surface area contributed by atoms with Crippen LogP contribution in [-0.2, 0) is 0 Å². The Bertz CT molecular complexity index is 554. The molecule has 18 heavy (non-hydrogen) atoms. The van der Waals surface area contributed by atoms with E-state index in [2.05, 4.69) is 11.4 Å². The van der Waals surface area contributed by atoms with Crippen LogP contribution < -0.4 is 5.32 Å². The first-order chi connectivity index (χ1) is 8.84. The van der Waals surface area contributed by atoms with Crippen LogP contribution in [0.1, 0.15) is 42.5 Å². The van der Waals surface area contributed by atoms with Crippen LogP contribution in [0, 0.1) is 0 Å². The fourth-order valence-electron chi connectivity index (χ4n) is 2.66. The van der Waals surface area contributed by atoms with Crippen molar-refractivity contribution in [3.63, 3.8) is 0 Å². The quantitative estimate of drug-likeness (QED) is 0.869. The van der Waals surface area contributed by atoms with E-state index in [1.54, 1.807) is 11.3 Å². The van der Waals surface area contributed by atoms with Crippen molar-refractivity contribution in [1.29, 1.82) is 0 Å². The Balaban J connectivity index is 1.79. The third-order valence-electron chi connectivity index (χ3n) is 3.67. The summed E-state index contributed by atoms with van der Waals surface area (Å²) in [5, 5.41) is 6.24. The molecule has 1 N–H and O–H groups in total. The van der Waals surface area contributed by atoms with E-state index in [0.29, 0.717) is 6.04 Å². The number of thiophene rings is 1. The maximum atomic E-state index is 12.3. The fraction of sp³-hybridized carbons (Fsp3) is 0.400. The highest BCUT2D eigenvalue weighted by Crippen LogP contribution is 2.26. The number of hydrogen-bond donors (Lipinski definition) is 1. The van der Waals surface area contributed by atoms with Crippen molar-refractivity contribution in [3.8, 4) is 0 Å². The molecule has 1 aromatic carbocycles. The molecule has 1 amide bonds. The molecule has 3 heteroatoms. The third-order valence-corrected chi connectivity index (χ3v) is 4.63. The van der Waals surface area contributed by atoms with Crippen molar-refractivity contribution < 1.29 is 4.79 Å². The molecule has 1 fully saturated rings. The Morgan fingerprint density at radius 3 is 2.78 bits per heavy atom.